The Hall–Kier alpha value is -1.35. The summed E-state index contributed by atoms with van der Waals surface area (Å²) in [6.45, 7) is 1.05. The van der Waals surface area contributed by atoms with Crippen LogP contribution >= 0.6 is 27.5 Å². The van der Waals surface area contributed by atoms with E-state index in [0.29, 0.717) is 22.8 Å². The number of rotatable bonds is 3. The van der Waals surface area contributed by atoms with E-state index in [4.69, 9.17) is 16.0 Å². The van der Waals surface area contributed by atoms with Crippen LogP contribution in [-0.4, -0.2) is 49.7 Å². The molecule has 128 valence electrons. The summed E-state index contributed by atoms with van der Waals surface area (Å²) in [6.07, 6.45) is 0. The predicted molar refractivity (Wildman–Crippen MR) is 92.5 cm³/mol. The molecule has 2 aromatic rings. The summed E-state index contributed by atoms with van der Waals surface area (Å²) >= 11 is 9.03. The van der Waals surface area contributed by atoms with E-state index in [1.54, 1.807) is 29.2 Å². The first kappa shape index (κ1) is 17.5. The van der Waals surface area contributed by atoms with E-state index in [0.717, 1.165) is 0 Å². The maximum absolute atomic E-state index is 12.6. The second kappa shape index (κ2) is 6.87. The van der Waals surface area contributed by atoms with Gasteiger partial charge in [-0.05, 0) is 46.3 Å². The molecule has 0 radical (unpaired) electrons. The van der Waals surface area contributed by atoms with E-state index in [-0.39, 0.29) is 29.7 Å². The number of carbonyl (C=O) groups is 1. The van der Waals surface area contributed by atoms with Crippen LogP contribution in [0.4, 0.5) is 0 Å². The number of hydrogen-bond donors (Lipinski definition) is 0. The molecule has 2 heterocycles. The zero-order chi connectivity index (χ0) is 17.3. The molecule has 24 heavy (non-hydrogen) atoms. The van der Waals surface area contributed by atoms with Crippen LogP contribution in [0.2, 0.25) is 5.02 Å². The van der Waals surface area contributed by atoms with Crippen LogP contribution in [0.15, 0.2) is 50.4 Å². The van der Waals surface area contributed by atoms with Gasteiger partial charge in [0, 0.05) is 31.2 Å². The van der Waals surface area contributed by atoms with E-state index in [9.17, 15) is 13.2 Å². The fourth-order valence-corrected chi connectivity index (χ4v) is 4.52. The average molecular weight is 434 g/mol. The lowest BCUT2D eigenvalue weighted by molar-refractivity contribution is 0.0664. The van der Waals surface area contributed by atoms with Crippen molar-refractivity contribution in [3.63, 3.8) is 0 Å². The number of carbonyl (C=O) groups excluding carboxylic acids is 1. The highest BCUT2D eigenvalue weighted by molar-refractivity contribution is 9.10. The Morgan fingerprint density at radius 1 is 1.12 bits per heavy atom. The van der Waals surface area contributed by atoms with Crippen LogP contribution in [0, 0.1) is 0 Å². The molecule has 0 unspecified atom stereocenters. The summed E-state index contributed by atoms with van der Waals surface area (Å²) in [5.74, 6) is -0.0199. The number of benzene rings is 1. The van der Waals surface area contributed by atoms with Gasteiger partial charge in [-0.25, -0.2) is 8.42 Å². The molecule has 1 amide bonds. The van der Waals surface area contributed by atoms with Gasteiger partial charge in [-0.3, -0.25) is 4.79 Å². The van der Waals surface area contributed by atoms with Gasteiger partial charge < -0.3 is 9.32 Å². The molecule has 0 N–H and O–H groups in total. The Bertz CT molecular complexity index is 860. The number of halogens is 2. The molecule has 0 aliphatic carbocycles. The Balaban J connectivity index is 1.69. The van der Waals surface area contributed by atoms with Crippen molar-refractivity contribution in [3.8, 4) is 0 Å². The molecule has 1 aliphatic heterocycles. The second-order valence-electron chi connectivity index (χ2n) is 5.26. The Kier molecular flexibility index (Phi) is 5.00. The lowest BCUT2D eigenvalue weighted by Gasteiger charge is -2.33. The number of piperazine rings is 1. The summed E-state index contributed by atoms with van der Waals surface area (Å²) in [6, 6.07) is 9.39. The summed E-state index contributed by atoms with van der Waals surface area (Å²) < 4.78 is 32.4. The van der Waals surface area contributed by atoms with Crippen molar-refractivity contribution < 1.29 is 17.6 Å². The molecule has 0 spiro atoms. The number of sulfonamides is 1. The summed E-state index contributed by atoms with van der Waals surface area (Å²) in [5.41, 5.74) is 0. The number of furan rings is 1. The third kappa shape index (κ3) is 3.51. The highest BCUT2D eigenvalue weighted by Crippen LogP contribution is 2.22. The molecular weight excluding hydrogens is 420 g/mol. The summed E-state index contributed by atoms with van der Waals surface area (Å²) in [4.78, 5) is 14.0. The first-order valence-electron chi connectivity index (χ1n) is 7.18. The van der Waals surface area contributed by atoms with Gasteiger partial charge in [0.05, 0.1) is 4.90 Å². The lowest BCUT2D eigenvalue weighted by atomic mass is 10.3. The molecule has 6 nitrogen and oxygen atoms in total. The molecule has 0 bridgehead atoms. The number of amides is 1. The van der Waals surface area contributed by atoms with Crippen LogP contribution in [0.3, 0.4) is 0 Å². The molecular formula is C15H14BrClN2O4S. The van der Waals surface area contributed by atoms with Crippen molar-refractivity contribution in [2.45, 2.75) is 4.90 Å². The molecule has 3 rings (SSSR count). The zero-order valence-corrected chi connectivity index (χ0v) is 15.6. The van der Waals surface area contributed by atoms with Crippen molar-refractivity contribution in [2.75, 3.05) is 26.2 Å². The molecule has 0 saturated carbocycles. The standard InChI is InChI=1S/C15H14BrClN2O4S/c16-14-5-4-13(23-14)15(20)18-6-8-19(9-7-18)24(21,22)12-3-1-2-11(17)10-12/h1-5,10H,6-9H2. The maximum atomic E-state index is 12.6. The fraction of sp³-hybridized carbons (Fsp3) is 0.267. The maximum Gasteiger partial charge on any atom is 0.289 e. The largest absolute Gasteiger partial charge is 0.444 e. The monoisotopic (exact) mass is 432 g/mol. The molecule has 1 aromatic carbocycles. The molecule has 1 fully saturated rings. The first-order chi connectivity index (χ1) is 11.4. The average Bonchev–Trinajstić information content (AvgIpc) is 3.01. The minimum Gasteiger partial charge on any atom is -0.444 e. The first-order valence-corrected chi connectivity index (χ1v) is 9.79. The minimum atomic E-state index is -3.61. The van der Waals surface area contributed by atoms with E-state index < -0.39 is 10.0 Å². The quantitative estimate of drug-likeness (QED) is 0.746. The molecule has 9 heteroatoms. The Morgan fingerprint density at radius 2 is 1.83 bits per heavy atom. The van der Waals surface area contributed by atoms with Gasteiger partial charge >= 0.3 is 0 Å². The molecule has 0 atom stereocenters. The van der Waals surface area contributed by atoms with Crippen LogP contribution in [0.5, 0.6) is 0 Å². The molecule has 1 aromatic heterocycles. The molecule has 1 aliphatic rings. The van der Waals surface area contributed by atoms with Gasteiger partial charge in [-0.1, -0.05) is 17.7 Å². The number of hydrogen-bond acceptors (Lipinski definition) is 4. The zero-order valence-electron chi connectivity index (χ0n) is 12.5. The summed E-state index contributed by atoms with van der Waals surface area (Å²) in [5, 5.41) is 0.369. The van der Waals surface area contributed by atoms with E-state index in [2.05, 4.69) is 15.9 Å². The van der Waals surface area contributed by atoms with Gasteiger partial charge in [0.2, 0.25) is 10.0 Å². The SMILES string of the molecule is O=C(c1ccc(Br)o1)N1CCN(S(=O)(=O)c2cccc(Cl)c2)CC1. The van der Waals surface area contributed by atoms with Crippen molar-refractivity contribution in [1.82, 2.24) is 9.21 Å². The van der Waals surface area contributed by atoms with Crippen molar-refractivity contribution >= 4 is 43.5 Å². The van der Waals surface area contributed by atoms with E-state index in [1.807, 2.05) is 0 Å². The third-order valence-electron chi connectivity index (χ3n) is 3.74. The normalized spacial score (nSPS) is 16.3. The second-order valence-corrected chi connectivity index (χ2v) is 8.41. The lowest BCUT2D eigenvalue weighted by Crippen LogP contribution is -2.50. The van der Waals surface area contributed by atoms with E-state index in [1.165, 1.54) is 16.4 Å². The Morgan fingerprint density at radius 3 is 2.42 bits per heavy atom. The Labute approximate surface area is 153 Å². The fourth-order valence-electron chi connectivity index (χ4n) is 2.49. The highest BCUT2D eigenvalue weighted by atomic mass is 79.9. The van der Waals surface area contributed by atoms with Crippen LogP contribution in [0.1, 0.15) is 10.6 Å². The summed E-state index contributed by atoms with van der Waals surface area (Å²) in [7, 11) is -3.61. The molecule has 1 saturated heterocycles. The van der Waals surface area contributed by atoms with E-state index >= 15 is 0 Å². The number of nitrogens with zero attached hydrogens (tertiary/aromatic N) is 2. The van der Waals surface area contributed by atoms with Crippen LogP contribution in [0.25, 0.3) is 0 Å². The van der Waals surface area contributed by atoms with Gasteiger partial charge in [0.15, 0.2) is 10.4 Å². The van der Waals surface area contributed by atoms with Gasteiger partial charge in [-0.2, -0.15) is 4.31 Å². The minimum absolute atomic E-state index is 0.157. The van der Waals surface area contributed by atoms with Gasteiger partial charge in [0.25, 0.3) is 5.91 Å². The van der Waals surface area contributed by atoms with Gasteiger partial charge in [-0.15, -0.1) is 0 Å². The van der Waals surface area contributed by atoms with Crippen molar-refractivity contribution in [1.29, 1.82) is 0 Å². The van der Waals surface area contributed by atoms with Crippen molar-refractivity contribution in [2.24, 2.45) is 0 Å². The van der Waals surface area contributed by atoms with Crippen LogP contribution in [-0.2, 0) is 10.0 Å². The van der Waals surface area contributed by atoms with Crippen molar-refractivity contribution in [3.05, 3.63) is 51.9 Å². The predicted octanol–water partition coefficient (Wildman–Crippen LogP) is 2.84. The third-order valence-corrected chi connectivity index (χ3v) is 6.30. The van der Waals surface area contributed by atoms with Gasteiger partial charge in [0.1, 0.15) is 0 Å². The smallest absolute Gasteiger partial charge is 0.289 e. The van der Waals surface area contributed by atoms with Crippen LogP contribution < -0.4 is 0 Å². The topological polar surface area (TPSA) is 70.8 Å². The highest BCUT2D eigenvalue weighted by Gasteiger charge is 2.31.